The van der Waals surface area contributed by atoms with Crippen LogP contribution in [0.5, 0.6) is 0 Å². The molecule has 0 radical (unpaired) electrons. The molecular weight excluding hydrogens is 290 g/mol. The average molecular weight is 321 g/mol. The standard InChI is InChI=1S/C16H31N7/c1-5-17-16(22(3)12-15-19-13-20-23(15)4)18-10-11-21(2)14-8-6-7-9-14/h13-14H,5-12H2,1-4H3,(H,17,18). The SMILES string of the molecule is CCNC(=NCCN(C)C1CCCC1)N(C)Cc1ncnn1C. The molecule has 1 aliphatic carbocycles. The molecule has 7 nitrogen and oxygen atoms in total. The van der Waals surface area contributed by atoms with Crippen molar-refractivity contribution in [3.63, 3.8) is 0 Å². The lowest BCUT2D eigenvalue weighted by Gasteiger charge is -2.24. The van der Waals surface area contributed by atoms with Crippen LogP contribution in [0.25, 0.3) is 0 Å². The van der Waals surface area contributed by atoms with Crippen LogP contribution in [0.2, 0.25) is 0 Å². The van der Waals surface area contributed by atoms with Gasteiger partial charge in [-0.05, 0) is 26.8 Å². The van der Waals surface area contributed by atoms with Crippen LogP contribution in [0.4, 0.5) is 0 Å². The molecule has 1 aliphatic rings. The lowest BCUT2D eigenvalue weighted by atomic mass is 10.2. The first kappa shape index (κ1) is 17.7. The highest BCUT2D eigenvalue weighted by molar-refractivity contribution is 5.79. The number of likely N-dealkylation sites (N-methyl/N-ethyl adjacent to an activating group) is 1. The van der Waals surface area contributed by atoms with Crippen LogP contribution in [0.15, 0.2) is 11.3 Å². The van der Waals surface area contributed by atoms with E-state index in [0.717, 1.165) is 37.5 Å². The van der Waals surface area contributed by atoms with E-state index in [1.165, 1.54) is 25.7 Å². The maximum absolute atomic E-state index is 4.77. The van der Waals surface area contributed by atoms with E-state index in [0.29, 0.717) is 6.54 Å². The van der Waals surface area contributed by atoms with Gasteiger partial charge in [-0.25, -0.2) is 4.98 Å². The summed E-state index contributed by atoms with van der Waals surface area (Å²) in [6, 6.07) is 0.754. The van der Waals surface area contributed by atoms with Gasteiger partial charge in [0, 0.05) is 33.2 Å². The van der Waals surface area contributed by atoms with E-state index in [9.17, 15) is 0 Å². The predicted molar refractivity (Wildman–Crippen MR) is 93.3 cm³/mol. The maximum Gasteiger partial charge on any atom is 0.194 e. The summed E-state index contributed by atoms with van der Waals surface area (Å²) in [6.45, 7) is 5.48. The second-order valence-electron chi connectivity index (χ2n) is 6.31. The Hall–Kier alpha value is -1.63. The summed E-state index contributed by atoms with van der Waals surface area (Å²) in [5, 5.41) is 7.47. The van der Waals surface area contributed by atoms with E-state index in [1.807, 2.05) is 14.1 Å². The molecule has 1 aromatic heterocycles. The van der Waals surface area contributed by atoms with Crippen molar-refractivity contribution >= 4 is 5.96 Å². The van der Waals surface area contributed by atoms with Gasteiger partial charge in [0.2, 0.25) is 0 Å². The number of hydrogen-bond acceptors (Lipinski definition) is 4. The van der Waals surface area contributed by atoms with E-state index < -0.39 is 0 Å². The zero-order chi connectivity index (χ0) is 16.7. The highest BCUT2D eigenvalue weighted by Crippen LogP contribution is 2.21. The Morgan fingerprint density at radius 2 is 2.13 bits per heavy atom. The number of rotatable bonds is 7. The van der Waals surface area contributed by atoms with Crippen LogP contribution < -0.4 is 5.32 Å². The van der Waals surface area contributed by atoms with Crippen molar-refractivity contribution in [2.75, 3.05) is 33.7 Å². The largest absolute Gasteiger partial charge is 0.357 e. The fourth-order valence-electron chi connectivity index (χ4n) is 3.06. The van der Waals surface area contributed by atoms with E-state index >= 15 is 0 Å². The number of nitrogens with one attached hydrogen (secondary N) is 1. The lowest BCUT2D eigenvalue weighted by molar-refractivity contribution is 0.252. The smallest absolute Gasteiger partial charge is 0.194 e. The monoisotopic (exact) mass is 321 g/mol. The quantitative estimate of drug-likeness (QED) is 0.602. The molecule has 1 N–H and O–H groups in total. The summed E-state index contributed by atoms with van der Waals surface area (Å²) in [7, 11) is 6.18. The molecule has 0 bridgehead atoms. The third-order valence-corrected chi connectivity index (χ3v) is 4.54. The van der Waals surface area contributed by atoms with Crippen LogP contribution in [-0.4, -0.2) is 70.3 Å². The minimum absolute atomic E-state index is 0.695. The Labute approximate surface area is 139 Å². The Morgan fingerprint density at radius 1 is 1.39 bits per heavy atom. The van der Waals surface area contributed by atoms with Gasteiger partial charge >= 0.3 is 0 Å². The molecule has 0 amide bonds. The summed E-state index contributed by atoms with van der Waals surface area (Å²) in [6.07, 6.45) is 7.02. The van der Waals surface area contributed by atoms with Gasteiger partial charge in [0.25, 0.3) is 0 Å². The van der Waals surface area contributed by atoms with Crippen molar-refractivity contribution in [2.45, 2.75) is 45.2 Å². The summed E-state index contributed by atoms with van der Waals surface area (Å²) in [5.74, 6) is 1.86. The number of aliphatic imine (C=N–C) groups is 1. The Balaban J connectivity index is 1.86. The van der Waals surface area contributed by atoms with Gasteiger partial charge in [0.15, 0.2) is 5.96 Å². The van der Waals surface area contributed by atoms with Crippen LogP contribution in [0, 0.1) is 0 Å². The molecule has 130 valence electrons. The fraction of sp³-hybridized carbons (Fsp3) is 0.812. The van der Waals surface area contributed by atoms with E-state index in [4.69, 9.17) is 4.99 Å². The van der Waals surface area contributed by atoms with E-state index in [1.54, 1.807) is 11.0 Å². The normalized spacial score (nSPS) is 16.3. The molecule has 0 spiro atoms. The summed E-state index contributed by atoms with van der Waals surface area (Å²) in [4.78, 5) is 13.6. The highest BCUT2D eigenvalue weighted by Gasteiger charge is 2.19. The zero-order valence-electron chi connectivity index (χ0n) is 15.0. The third-order valence-electron chi connectivity index (χ3n) is 4.54. The first-order valence-corrected chi connectivity index (χ1v) is 8.64. The topological polar surface area (TPSA) is 61.6 Å². The molecule has 0 aliphatic heterocycles. The van der Waals surface area contributed by atoms with Gasteiger partial charge in [-0.2, -0.15) is 5.10 Å². The van der Waals surface area contributed by atoms with E-state index in [2.05, 4.69) is 39.2 Å². The first-order chi connectivity index (χ1) is 11.1. The molecule has 7 heteroatoms. The highest BCUT2D eigenvalue weighted by atomic mass is 15.4. The molecule has 1 fully saturated rings. The molecule has 23 heavy (non-hydrogen) atoms. The number of aryl methyl sites for hydroxylation is 1. The molecule has 0 saturated heterocycles. The van der Waals surface area contributed by atoms with Gasteiger partial charge in [-0.1, -0.05) is 12.8 Å². The molecule has 0 atom stereocenters. The maximum atomic E-state index is 4.77. The second-order valence-corrected chi connectivity index (χ2v) is 6.31. The molecule has 1 saturated carbocycles. The Kier molecular flexibility index (Phi) is 6.83. The Bertz CT molecular complexity index is 490. The minimum atomic E-state index is 0.695. The van der Waals surface area contributed by atoms with Crippen LogP contribution >= 0.6 is 0 Å². The Morgan fingerprint density at radius 3 is 2.74 bits per heavy atom. The van der Waals surface area contributed by atoms with Gasteiger partial charge in [-0.15, -0.1) is 0 Å². The van der Waals surface area contributed by atoms with Gasteiger partial charge < -0.3 is 15.1 Å². The predicted octanol–water partition coefficient (Wildman–Crippen LogP) is 1.09. The molecular formula is C16H31N7. The lowest BCUT2D eigenvalue weighted by Crippen LogP contribution is -2.40. The number of nitrogens with zero attached hydrogens (tertiary/aromatic N) is 6. The molecule has 1 heterocycles. The second kappa shape index (κ2) is 8.86. The van der Waals surface area contributed by atoms with Gasteiger partial charge in [-0.3, -0.25) is 9.67 Å². The zero-order valence-corrected chi connectivity index (χ0v) is 15.0. The summed E-state index contributed by atoms with van der Waals surface area (Å²) in [5.41, 5.74) is 0. The minimum Gasteiger partial charge on any atom is -0.357 e. The number of hydrogen-bond donors (Lipinski definition) is 1. The average Bonchev–Trinajstić information content (AvgIpc) is 3.19. The van der Waals surface area contributed by atoms with Crippen molar-refractivity contribution in [1.82, 2.24) is 29.9 Å². The first-order valence-electron chi connectivity index (χ1n) is 8.64. The molecule has 0 aromatic carbocycles. The fourth-order valence-corrected chi connectivity index (χ4v) is 3.06. The van der Waals surface area contributed by atoms with Crippen molar-refractivity contribution in [3.05, 3.63) is 12.2 Å². The summed E-state index contributed by atoms with van der Waals surface area (Å²) >= 11 is 0. The van der Waals surface area contributed by atoms with Crippen LogP contribution in [-0.2, 0) is 13.6 Å². The summed E-state index contributed by atoms with van der Waals surface area (Å²) < 4.78 is 1.80. The van der Waals surface area contributed by atoms with Crippen molar-refractivity contribution in [1.29, 1.82) is 0 Å². The molecule has 0 unspecified atom stereocenters. The van der Waals surface area contributed by atoms with Crippen molar-refractivity contribution < 1.29 is 0 Å². The van der Waals surface area contributed by atoms with Gasteiger partial charge in [0.05, 0.1) is 13.1 Å². The van der Waals surface area contributed by atoms with Crippen molar-refractivity contribution in [2.24, 2.45) is 12.0 Å². The van der Waals surface area contributed by atoms with Crippen LogP contribution in [0.3, 0.4) is 0 Å². The van der Waals surface area contributed by atoms with Crippen LogP contribution in [0.1, 0.15) is 38.4 Å². The van der Waals surface area contributed by atoms with Gasteiger partial charge in [0.1, 0.15) is 12.2 Å². The molecule has 1 aromatic rings. The number of guanidine groups is 1. The van der Waals surface area contributed by atoms with E-state index in [-0.39, 0.29) is 0 Å². The third kappa shape index (κ3) is 5.20. The molecule has 2 rings (SSSR count). The number of aromatic nitrogens is 3. The van der Waals surface area contributed by atoms with Crippen molar-refractivity contribution in [3.8, 4) is 0 Å².